The van der Waals surface area contributed by atoms with Crippen molar-refractivity contribution in [2.24, 2.45) is 0 Å². The molecule has 2 aliphatic rings. The van der Waals surface area contributed by atoms with Gasteiger partial charge in [0.25, 0.3) is 0 Å². The molecule has 4 amide bonds. The number of H-pyrrole nitrogens is 2. The lowest BCUT2D eigenvalue weighted by Crippen LogP contribution is -2.58. The Bertz CT molecular complexity index is 2010. The van der Waals surface area contributed by atoms with E-state index in [0.29, 0.717) is 37.6 Å². The molecule has 0 spiro atoms. The molecule has 16 heteroatoms. The molecule has 2 aliphatic heterocycles. The molecule has 0 bridgehead atoms. The lowest BCUT2D eigenvalue weighted by Gasteiger charge is -2.34. The minimum atomic E-state index is -1.60. The Morgan fingerprint density at radius 2 is 1.09 bits per heavy atom. The van der Waals surface area contributed by atoms with Gasteiger partial charge in [-0.1, -0.05) is 48.5 Å². The first-order chi connectivity index (χ1) is 26.0. The minimum absolute atomic E-state index is 0.346. The van der Waals surface area contributed by atoms with Crippen molar-refractivity contribution in [3.63, 3.8) is 0 Å². The van der Waals surface area contributed by atoms with Crippen LogP contribution in [0.5, 0.6) is 0 Å². The molecule has 2 aromatic heterocycles. The topological polar surface area (TPSA) is 226 Å². The predicted molar refractivity (Wildman–Crippen MR) is 201 cm³/mol. The number of nitrogens with zero attached hydrogens (tertiary/aromatic N) is 4. The summed E-state index contributed by atoms with van der Waals surface area (Å²) in [5.74, 6) is 0.297. The van der Waals surface area contributed by atoms with Crippen molar-refractivity contribution in [2.75, 3.05) is 20.2 Å². The molecule has 2 saturated heterocycles. The lowest BCUT2D eigenvalue weighted by molar-refractivity contribution is -0.141. The molecule has 6 rings (SSSR count). The maximum absolute atomic E-state index is 13.6. The third kappa shape index (κ3) is 8.49. The maximum Gasteiger partial charge on any atom is 0.407 e. The fraction of sp³-hybridized carbons (Fsp3) is 0.436. The first kappa shape index (κ1) is 39.0. The van der Waals surface area contributed by atoms with Crippen LogP contribution in [0.2, 0.25) is 0 Å². The Kier molecular flexibility index (Phi) is 11.0. The molecular formula is C39H48N8O8. The van der Waals surface area contributed by atoms with Gasteiger partial charge in [-0.2, -0.15) is 0 Å². The number of hydrogen-bond donors (Lipinski definition) is 7. The summed E-state index contributed by atoms with van der Waals surface area (Å²) in [6.07, 6.45) is 4.05. The number of carboxylic acid groups (broad SMARTS) is 1. The van der Waals surface area contributed by atoms with E-state index in [1.54, 1.807) is 22.2 Å². The Balaban J connectivity index is 1.12. The van der Waals surface area contributed by atoms with Crippen molar-refractivity contribution >= 4 is 24.0 Å². The van der Waals surface area contributed by atoms with Crippen LogP contribution in [0.4, 0.5) is 9.59 Å². The van der Waals surface area contributed by atoms with Crippen LogP contribution in [0.25, 0.3) is 33.6 Å². The summed E-state index contributed by atoms with van der Waals surface area (Å²) in [5, 5.41) is 35.1. The van der Waals surface area contributed by atoms with E-state index >= 15 is 0 Å². The molecule has 2 aromatic carbocycles. The van der Waals surface area contributed by atoms with Crippen molar-refractivity contribution in [1.82, 2.24) is 40.4 Å². The maximum atomic E-state index is 13.6. The van der Waals surface area contributed by atoms with Crippen LogP contribution in [-0.4, -0.2) is 113 Å². The second kappa shape index (κ2) is 15.5. The van der Waals surface area contributed by atoms with Gasteiger partial charge in [0, 0.05) is 13.1 Å². The van der Waals surface area contributed by atoms with Crippen LogP contribution in [0.15, 0.2) is 60.9 Å². The zero-order chi connectivity index (χ0) is 39.7. The van der Waals surface area contributed by atoms with E-state index in [-0.39, 0.29) is 12.1 Å². The van der Waals surface area contributed by atoms with E-state index in [1.165, 1.54) is 34.8 Å². The summed E-state index contributed by atoms with van der Waals surface area (Å²) in [4.78, 5) is 69.4. The molecule has 7 N–H and O–H groups in total. The van der Waals surface area contributed by atoms with Gasteiger partial charge < -0.3 is 50.5 Å². The number of nitrogens with one attached hydrogen (secondary N) is 4. The van der Waals surface area contributed by atoms with Crippen LogP contribution in [0, 0.1) is 0 Å². The van der Waals surface area contributed by atoms with Gasteiger partial charge in [0.05, 0.1) is 54.2 Å². The second-order valence-corrected chi connectivity index (χ2v) is 15.2. The third-order valence-corrected chi connectivity index (χ3v) is 10.2. The van der Waals surface area contributed by atoms with E-state index in [0.717, 1.165) is 46.5 Å². The van der Waals surface area contributed by atoms with Crippen LogP contribution in [0.1, 0.15) is 77.1 Å². The van der Waals surface area contributed by atoms with E-state index in [2.05, 4.69) is 35.3 Å². The average Bonchev–Trinajstić information content (AvgIpc) is 3.98. The first-order valence-corrected chi connectivity index (χ1v) is 18.3. The number of aliphatic hydroxyl groups is 2. The molecule has 16 nitrogen and oxygen atoms in total. The van der Waals surface area contributed by atoms with Crippen molar-refractivity contribution in [3.05, 3.63) is 72.6 Å². The monoisotopic (exact) mass is 756 g/mol. The van der Waals surface area contributed by atoms with Crippen LogP contribution in [-0.2, 0) is 14.3 Å². The molecule has 55 heavy (non-hydrogen) atoms. The number of carbonyl (C=O) groups excluding carboxylic acids is 3. The molecule has 2 fully saturated rings. The molecule has 4 atom stereocenters. The summed E-state index contributed by atoms with van der Waals surface area (Å²) >= 11 is 0. The van der Waals surface area contributed by atoms with Crippen molar-refractivity contribution in [1.29, 1.82) is 0 Å². The average molecular weight is 757 g/mol. The van der Waals surface area contributed by atoms with E-state index in [1.807, 2.05) is 48.5 Å². The number of aromatic nitrogens is 4. The normalized spacial score (nSPS) is 18.5. The zero-order valence-corrected chi connectivity index (χ0v) is 31.5. The standard InChI is InChI=1S/C39H48N8O8/c1-38(2,53)30(44-36(50)51)34(48)46-18-6-8-28(46)32-40-20-26(42-32)24-14-10-22(11-15-24)23-12-16-25(17-13-23)27-21-41-33(43-27)29-9-7-19-47(29)35(49)31(39(3,4)54)45-37(52)55-5/h10-17,20-21,28-31,44,53-54H,6-9,18-19H2,1-5H3,(H,40,42)(H,41,43)(H,45,52)(H,50,51)/t28-,29-,30+,31+/m0/s1. The Morgan fingerprint density at radius 1 is 0.709 bits per heavy atom. The molecule has 0 aliphatic carbocycles. The molecule has 292 valence electrons. The highest BCUT2D eigenvalue weighted by Crippen LogP contribution is 2.35. The summed E-state index contributed by atoms with van der Waals surface area (Å²) < 4.78 is 4.68. The summed E-state index contributed by atoms with van der Waals surface area (Å²) in [5.41, 5.74) is 2.25. The van der Waals surface area contributed by atoms with Crippen molar-refractivity contribution < 1.29 is 39.2 Å². The zero-order valence-electron chi connectivity index (χ0n) is 31.5. The number of ether oxygens (including phenoxy) is 1. The quantitative estimate of drug-likeness (QED) is 0.114. The Labute approximate surface area is 318 Å². The number of rotatable bonds is 11. The summed E-state index contributed by atoms with van der Waals surface area (Å²) in [6.45, 7) is 6.61. The number of imidazole rings is 2. The van der Waals surface area contributed by atoms with Gasteiger partial charge in [0.15, 0.2) is 0 Å². The number of amides is 4. The van der Waals surface area contributed by atoms with E-state index < -0.39 is 47.3 Å². The van der Waals surface area contributed by atoms with Crippen molar-refractivity contribution in [2.45, 2.75) is 88.7 Å². The highest BCUT2D eigenvalue weighted by atomic mass is 16.5. The molecule has 4 aromatic rings. The molecule has 0 radical (unpaired) electrons. The summed E-state index contributed by atoms with van der Waals surface area (Å²) in [7, 11) is 1.20. The number of benzene rings is 2. The predicted octanol–water partition coefficient (Wildman–Crippen LogP) is 4.36. The van der Waals surface area contributed by atoms with Crippen LogP contribution < -0.4 is 10.6 Å². The number of hydrogen-bond acceptors (Lipinski definition) is 9. The first-order valence-electron chi connectivity index (χ1n) is 18.3. The SMILES string of the molecule is COC(=O)N[C@H](C(=O)N1CCC[C@H]1c1ncc(-c2ccc(-c3ccc(-c4cnc([C@@H]5CCCN5C(=O)[C@@H](NC(=O)O)C(C)(C)O)[nH]4)cc3)cc2)[nH]1)C(C)(C)O. The van der Waals surface area contributed by atoms with Crippen LogP contribution in [0.3, 0.4) is 0 Å². The fourth-order valence-corrected chi connectivity index (χ4v) is 7.33. The second-order valence-electron chi connectivity index (χ2n) is 15.2. The fourth-order valence-electron chi connectivity index (χ4n) is 7.33. The van der Waals surface area contributed by atoms with Gasteiger partial charge in [-0.3, -0.25) is 9.59 Å². The number of alkyl carbamates (subject to hydrolysis) is 1. The Morgan fingerprint density at radius 3 is 1.45 bits per heavy atom. The van der Waals surface area contributed by atoms with Crippen molar-refractivity contribution in [3.8, 4) is 33.6 Å². The third-order valence-electron chi connectivity index (χ3n) is 10.2. The van der Waals surface area contributed by atoms with Gasteiger partial charge in [-0.25, -0.2) is 19.6 Å². The summed E-state index contributed by atoms with van der Waals surface area (Å²) in [6, 6.07) is 12.8. The van der Waals surface area contributed by atoms with E-state index in [4.69, 9.17) is 0 Å². The van der Waals surface area contributed by atoms with Gasteiger partial charge in [0.1, 0.15) is 23.7 Å². The van der Waals surface area contributed by atoms with Gasteiger partial charge >= 0.3 is 12.2 Å². The highest BCUT2D eigenvalue weighted by Gasteiger charge is 2.43. The molecule has 0 unspecified atom stereocenters. The number of carbonyl (C=O) groups is 4. The van der Waals surface area contributed by atoms with Gasteiger partial charge in [-0.15, -0.1) is 0 Å². The minimum Gasteiger partial charge on any atom is -0.465 e. The highest BCUT2D eigenvalue weighted by molar-refractivity contribution is 5.88. The van der Waals surface area contributed by atoms with E-state index in [9.17, 15) is 34.5 Å². The number of methoxy groups -OCH3 is 1. The van der Waals surface area contributed by atoms with Crippen LogP contribution >= 0.6 is 0 Å². The lowest BCUT2D eigenvalue weighted by atomic mass is 9.97. The number of likely N-dealkylation sites (tertiary alicyclic amines) is 2. The molecule has 4 heterocycles. The van der Waals surface area contributed by atoms with Gasteiger partial charge in [0.2, 0.25) is 11.8 Å². The smallest absolute Gasteiger partial charge is 0.407 e. The molecular weight excluding hydrogens is 708 g/mol. The Hall–Kier alpha value is -5.74. The largest absolute Gasteiger partial charge is 0.465 e. The number of aromatic amines is 2. The van der Waals surface area contributed by atoms with Gasteiger partial charge in [-0.05, 0) is 75.6 Å². The molecule has 0 saturated carbocycles.